The molecular formula is C8H15N3O2. The molecule has 0 saturated carbocycles. The molecule has 1 aromatic heterocycles. The van der Waals surface area contributed by atoms with Crippen molar-refractivity contribution in [1.82, 2.24) is 10.1 Å². The largest absolute Gasteiger partial charge is 0.382 e. The molecule has 5 nitrogen and oxygen atoms in total. The standard InChI is InChI=1S/C8H15N3O2/c1-4-8(9,5-12-3)7-10-6(2)13-11-7/h4-5,9H2,1-3H3. The molecule has 0 aliphatic heterocycles. The van der Waals surface area contributed by atoms with E-state index in [1.165, 1.54) is 0 Å². The Labute approximate surface area is 77.3 Å². The van der Waals surface area contributed by atoms with Gasteiger partial charge in [-0.2, -0.15) is 4.98 Å². The molecule has 0 aliphatic carbocycles. The van der Waals surface area contributed by atoms with Crippen LogP contribution in [0.3, 0.4) is 0 Å². The lowest BCUT2D eigenvalue weighted by molar-refractivity contribution is 0.122. The van der Waals surface area contributed by atoms with Gasteiger partial charge in [0.1, 0.15) is 5.54 Å². The van der Waals surface area contributed by atoms with Crippen LogP contribution in [0.1, 0.15) is 25.1 Å². The van der Waals surface area contributed by atoms with Crippen LogP contribution in [-0.4, -0.2) is 23.9 Å². The average Bonchev–Trinajstić information content (AvgIpc) is 2.52. The molecule has 2 N–H and O–H groups in total. The number of methoxy groups -OCH3 is 1. The van der Waals surface area contributed by atoms with E-state index < -0.39 is 5.54 Å². The summed E-state index contributed by atoms with van der Waals surface area (Å²) >= 11 is 0. The third-order valence-corrected chi connectivity index (χ3v) is 2.01. The highest BCUT2D eigenvalue weighted by Crippen LogP contribution is 2.18. The van der Waals surface area contributed by atoms with E-state index in [2.05, 4.69) is 10.1 Å². The highest BCUT2D eigenvalue weighted by Gasteiger charge is 2.30. The van der Waals surface area contributed by atoms with Crippen LogP contribution in [0.15, 0.2) is 4.52 Å². The number of ether oxygens (including phenoxy) is 1. The van der Waals surface area contributed by atoms with Crippen LogP contribution in [0.4, 0.5) is 0 Å². The van der Waals surface area contributed by atoms with Gasteiger partial charge >= 0.3 is 0 Å². The Kier molecular flexibility index (Phi) is 3.00. The van der Waals surface area contributed by atoms with Gasteiger partial charge < -0.3 is 15.0 Å². The molecule has 1 aromatic rings. The first-order valence-corrected chi connectivity index (χ1v) is 4.21. The molecule has 1 unspecified atom stereocenters. The topological polar surface area (TPSA) is 74.2 Å². The number of nitrogens with two attached hydrogens (primary N) is 1. The molecule has 0 aromatic carbocycles. The molecule has 0 fully saturated rings. The maximum Gasteiger partial charge on any atom is 0.223 e. The maximum atomic E-state index is 6.03. The molecule has 1 atom stereocenters. The second kappa shape index (κ2) is 3.85. The second-order valence-electron chi connectivity index (χ2n) is 3.08. The Morgan fingerprint density at radius 1 is 1.62 bits per heavy atom. The molecule has 0 bridgehead atoms. The average molecular weight is 185 g/mol. The normalized spacial score (nSPS) is 15.7. The molecule has 1 heterocycles. The minimum Gasteiger partial charge on any atom is -0.382 e. The Hall–Kier alpha value is -0.940. The van der Waals surface area contributed by atoms with Crippen molar-refractivity contribution in [2.24, 2.45) is 5.73 Å². The summed E-state index contributed by atoms with van der Waals surface area (Å²) in [6, 6.07) is 0. The molecule has 13 heavy (non-hydrogen) atoms. The molecule has 1 rings (SSSR count). The van der Waals surface area contributed by atoms with Gasteiger partial charge in [0.2, 0.25) is 5.89 Å². The Morgan fingerprint density at radius 2 is 2.31 bits per heavy atom. The summed E-state index contributed by atoms with van der Waals surface area (Å²) < 4.78 is 9.88. The van der Waals surface area contributed by atoms with Crippen LogP contribution in [-0.2, 0) is 10.3 Å². The number of hydrogen-bond donors (Lipinski definition) is 1. The minimum absolute atomic E-state index is 0.391. The number of aromatic nitrogens is 2. The fourth-order valence-corrected chi connectivity index (χ4v) is 1.08. The summed E-state index contributed by atoms with van der Waals surface area (Å²) in [5, 5.41) is 3.79. The van der Waals surface area contributed by atoms with Gasteiger partial charge in [-0.15, -0.1) is 0 Å². The number of nitrogens with zero attached hydrogens (tertiary/aromatic N) is 2. The Morgan fingerprint density at radius 3 is 2.69 bits per heavy atom. The van der Waals surface area contributed by atoms with E-state index in [1.807, 2.05) is 6.92 Å². The van der Waals surface area contributed by atoms with Crippen molar-refractivity contribution in [3.05, 3.63) is 11.7 Å². The van der Waals surface area contributed by atoms with Crippen LogP contribution in [0, 0.1) is 6.92 Å². The first kappa shape index (κ1) is 10.1. The summed E-state index contributed by atoms with van der Waals surface area (Å²) in [4.78, 5) is 4.09. The lowest BCUT2D eigenvalue weighted by Crippen LogP contribution is -2.41. The SMILES string of the molecule is CCC(N)(COC)c1noc(C)n1. The maximum absolute atomic E-state index is 6.03. The zero-order chi connectivity index (χ0) is 9.90. The van der Waals surface area contributed by atoms with E-state index in [0.717, 1.165) is 0 Å². The second-order valence-corrected chi connectivity index (χ2v) is 3.08. The van der Waals surface area contributed by atoms with E-state index in [1.54, 1.807) is 14.0 Å². The van der Waals surface area contributed by atoms with E-state index in [0.29, 0.717) is 24.7 Å². The van der Waals surface area contributed by atoms with Crippen molar-refractivity contribution in [1.29, 1.82) is 0 Å². The molecule has 0 radical (unpaired) electrons. The quantitative estimate of drug-likeness (QED) is 0.743. The molecular weight excluding hydrogens is 170 g/mol. The van der Waals surface area contributed by atoms with E-state index in [9.17, 15) is 0 Å². The Bertz CT molecular complexity index is 274. The van der Waals surface area contributed by atoms with Gasteiger partial charge in [-0.25, -0.2) is 0 Å². The van der Waals surface area contributed by atoms with Gasteiger partial charge in [-0.1, -0.05) is 12.1 Å². The summed E-state index contributed by atoms with van der Waals surface area (Å²) in [5.74, 6) is 1.03. The zero-order valence-electron chi connectivity index (χ0n) is 8.20. The van der Waals surface area contributed by atoms with Gasteiger partial charge in [-0.3, -0.25) is 0 Å². The number of aryl methyl sites for hydroxylation is 1. The van der Waals surface area contributed by atoms with Crippen LogP contribution in [0.2, 0.25) is 0 Å². The number of hydrogen-bond acceptors (Lipinski definition) is 5. The lowest BCUT2D eigenvalue weighted by atomic mass is 9.98. The zero-order valence-corrected chi connectivity index (χ0v) is 8.20. The highest BCUT2D eigenvalue weighted by atomic mass is 16.5. The fraction of sp³-hybridized carbons (Fsp3) is 0.750. The molecule has 0 aliphatic rings. The molecule has 0 amide bonds. The Balaban J connectivity index is 2.88. The third-order valence-electron chi connectivity index (χ3n) is 2.01. The van der Waals surface area contributed by atoms with Crippen molar-refractivity contribution in [2.75, 3.05) is 13.7 Å². The highest BCUT2D eigenvalue weighted by molar-refractivity contribution is 5.03. The predicted molar refractivity (Wildman–Crippen MR) is 47.1 cm³/mol. The summed E-state index contributed by atoms with van der Waals surface area (Å²) in [7, 11) is 1.60. The van der Waals surface area contributed by atoms with Crippen LogP contribution in [0.5, 0.6) is 0 Å². The number of rotatable bonds is 4. The van der Waals surface area contributed by atoms with Gasteiger partial charge in [0.05, 0.1) is 6.61 Å². The molecule has 5 heteroatoms. The minimum atomic E-state index is -0.632. The summed E-state index contributed by atoms with van der Waals surface area (Å²) in [5.41, 5.74) is 5.40. The molecule has 0 spiro atoms. The predicted octanol–water partition coefficient (Wildman–Crippen LogP) is 0.588. The van der Waals surface area contributed by atoms with E-state index in [-0.39, 0.29) is 0 Å². The molecule has 74 valence electrons. The lowest BCUT2D eigenvalue weighted by Gasteiger charge is -2.22. The van der Waals surface area contributed by atoms with Gasteiger partial charge in [-0.05, 0) is 6.42 Å². The smallest absolute Gasteiger partial charge is 0.223 e. The van der Waals surface area contributed by atoms with Crippen molar-refractivity contribution in [3.63, 3.8) is 0 Å². The van der Waals surface area contributed by atoms with Crippen LogP contribution in [0.25, 0.3) is 0 Å². The van der Waals surface area contributed by atoms with Gasteiger partial charge in [0, 0.05) is 14.0 Å². The summed E-state index contributed by atoms with van der Waals surface area (Å²) in [6.07, 6.45) is 0.708. The van der Waals surface area contributed by atoms with Crippen molar-refractivity contribution < 1.29 is 9.26 Å². The first-order valence-electron chi connectivity index (χ1n) is 4.21. The van der Waals surface area contributed by atoms with E-state index >= 15 is 0 Å². The van der Waals surface area contributed by atoms with Crippen molar-refractivity contribution in [2.45, 2.75) is 25.8 Å². The monoisotopic (exact) mass is 185 g/mol. The van der Waals surface area contributed by atoms with Crippen LogP contribution >= 0.6 is 0 Å². The first-order chi connectivity index (χ1) is 6.12. The van der Waals surface area contributed by atoms with Crippen molar-refractivity contribution in [3.8, 4) is 0 Å². The fourth-order valence-electron chi connectivity index (χ4n) is 1.08. The van der Waals surface area contributed by atoms with Gasteiger partial charge in [0.15, 0.2) is 5.82 Å². The van der Waals surface area contributed by atoms with E-state index in [4.69, 9.17) is 15.0 Å². The van der Waals surface area contributed by atoms with Crippen LogP contribution < -0.4 is 5.73 Å². The molecule has 0 saturated heterocycles. The van der Waals surface area contributed by atoms with Crippen molar-refractivity contribution >= 4 is 0 Å². The summed E-state index contributed by atoms with van der Waals surface area (Å²) in [6.45, 7) is 4.09. The van der Waals surface area contributed by atoms with Gasteiger partial charge in [0.25, 0.3) is 0 Å². The third kappa shape index (κ3) is 2.05.